The highest BCUT2D eigenvalue weighted by Crippen LogP contribution is 2.70. The van der Waals surface area contributed by atoms with Crippen molar-refractivity contribution in [2.24, 2.45) is 0 Å². The van der Waals surface area contributed by atoms with E-state index in [9.17, 15) is 133 Å². The van der Waals surface area contributed by atoms with E-state index in [0.29, 0.717) is 0 Å². The van der Waals surface area contributed by atoms with Gasteiger partial charge in [-0.15, -0.1) is 0 Å². The number of phenols is 26. The third-order valence-electron chi connectivity index (χ3n) is 11.7. The van der Waals surface area contributed by atoms with Crippen molar-refractivity contribution in [2.75, 3.05) is 0 Å². The third-order valence-corrected chi connectivity index (χ3v) is 11.7. The van der Waals surface area contributed by atoms with Crippen molar-refractivity contribution >= 4 is 54.3 Å². The standard InChI is InChI=1S/C42H26O27/c43-15-7(9-11(23(51)28(15)56)24(52)37(65)35(63)21(9)49)1-3-5(18(46)32(60)30(58)16(3)44)2(6-4(1)17(45)31(59)33(61)19(6)47)8-10(22(50)36(64)34(62)20(8)48)12-25(53)29(57)26(54)13-14-27(55)38(66)39(67)40(68)42(14)69-41(12)13/h43-68H. The first-order valence-corrected chi connectivity index (χ1v) is 18.5. The van der Waals surface area contributed by atoms with Crippen LogP contribution in [0.4, 0.5) is 0 Å². The summed E-state index contributed by atoms with van der Waals surface area (Å²) < 4.78 is 5.55. The van der Waals surface area contributed by atoms with E-state index in [4.69, 9.17) is 4.42 Å². The molecule has 0 amide bonds. The van der Waals surface area contributed by atoms with Gasteiger partial charge in [-0.05, 0) is 0 Å². The van der Waals surface area contributed by atoms with Crippen LogP contribution in [0.25, 0.3) is 87.6 Å². The minimum Gasteiger partial charge on any atom is -0.504 e. The molecule has 1 heterocycles. The molecule has 0 saturated carbocycles. The molecule has 26 N–H and O–H groups in total. The van der Waals surface area contributed by atoms with Crippen LogP contribution < -0.4 is 0 Å². The van der Waals surface area contributed by atoms with Gasteiger partial charge in [-0.3, -0.25) is 0 Å². The number of benzene rings is 8. The predicted molar refractivity (Wildman–Crippen MR) is 226 cm³/mol. The topological polar surface area (TPSA) is 539 Å². The third kappa shape index (κ3) is 4.86. The van der Waals surface area contributed by atoms with Gasteiger partial charge < -0.3 is 137 Å². The quantitative estimate of drug-likeness (QED) is 0.0663. The molecule has 0 radical (unpaired) electrons. The lowest BCUT2D eigenvalue weighted by Crippen LogP contribution is -1.98. The summed E-state index contributed by atoms with van der Waals surface area (Å²) in [6.07, 6.45) is 0. The molecule has 8 aromatic carbocycles. The van der Waals surface area contributed by atoms with Gasteiger partial charge in [-0.2, -0.15) is 0 Å². The Morgan fingerprint density at radius 1 is 0.130 bits per heavy atom. The summed E-state index contributed by atoms with van der Waals surface area (Å²) in [4.78, 5) is 0. The highest BCUT2D eigenvalue weighted by Gasteiger charge is 2.41. The largest absolute Gasteiger partial charge is 0.504 e. The van der Waals surface area contributed by atoms with Crippen molar-refractivity contribution < 1.29 is 137 Å². The molecule has 69 heavy (non-hydrogen) atoms. The van der Waals surface area contributed by atoms with Crippen LogP contribution in [0, 0.1) is 0 Å². The molecule has 27 heteroatoms. The zero-order chi connectivity index (χ0) is 51.0. The Hall–Kier alpha value is -10.9. The fourth-order valence-electron chi connectivity index (χ4n) is 8.55. The summed E-state index contributed by atoms with van der Waals surface area (Å²) in [5.41, 5.74) is -11.2. The van der Waals surface area contributed by atoms with E-state index in [2.05, 4.69) is 0 Å². The normalized spacial score (nSPS) is 11.8. The van der Waals surface area contributed by atoms with Crippen molar-refractivity contribution in [3.8, 4) is 183 Å². The van der Waals surface area contributed by atoms with Gasteiger partial charge in [-0.1, -0.05) is 0 Å². The van der Waals surface area contributed by atoms with Crippen molar-refractivity contribution in [1.29, 1.82) is 0 Å². The molecule has 9 aromatic rings. The molecule has 0 atom stereocenters. The van der Waals surface area contributed by atoms with Crippen LogP contribution in [0.3, 0.4) is 0 Å². The maximum absolute atomic E-state index is 11.9. The molecule has 0 saturated heterocycles. The molecule has 0 aliphatic heterocycles. The molecule has 0 aliphatic carbocycles. The van der Waals surface area contributed by atoms with Crippen molar-refractivity contribution in [2.45, 2.75) is 0 Å². The average molecular weight is 963 g/mol. The van der Waals surface area contributed by atoms with E-state index in [0.717, 1.165) is 0 Å². The smallest absolute Gasteiger partial charge is 0.208 e. The van der Waals surface area contributed by atoms with Gasteiger partial charge >= 0.3 is 0 Å². The average Bonchev–Trinajstić information content (AvgIpc) is 3.73. The van der Waals surface area contributed by atoms with Gasteiger partial charge in [0.05, 0.1) is 21.7 Å². The summed E-state index contributed by atoms with van der Waals surface area (Å²) in [6.45, 7) is 0. The Morgan fingerprint density at radius 2 is 0.333 bits per heavy atom. The van der Waals surface area contributed by atoms with Crippen LogP contribution in [0.1, 0.15) is 0 Å². The van der Waals surface area contributed by atoms with Gasteiger partial charge in [0.25, 0.3) is 0 Å². The van der Waals surface area contributed by atoms with Crippen molar-refractivity contribution in [3.63, 3.8) is 0 Å². The van der Waals surface area contributed by atoms with E-state index in [1.807, 2.05) is 0 Å². The van der Waals surface area contributed by atoms with E-state index < -0.39 is 237 Å². The van der Waals surface area contributed by atoms with E-state index in [1.165, 1.54) is 0 Å². The first-order valence-electron chi connectivity index (χ1n) is 18.5. The molecule has 0 bridgehead atoms. The summed E-state index contributed by atoms with van der Waals surface area (Å²) in [7, 11) is 0. The fourth-order valence-corrected chi connectivity index (χ4v) is 8.55. The van der Waals surface area contributed by atoms with Gasteiger partial charge in [0.1, 0.15) is 0 Å². The number of hydrogen-bond donors (Lipinski definition) is 26. The van der Waals surface area contributed by atoms with Crippen LogP contribution in [-0.2, 0) is 0 Å². The minimum absolute atomic E-state index is 1.01. The van der Waals surface area contributed by atoms with Crippen LogP contribution >= 0.6 is 0 Å². The Morgan fingerprint density at radius 3 is 0.696 bits per heavy atom. The summed E-state index contributed by atoms with van der Waals surface area (Å²) in [5.74, 6) is -44.3. The van der Waals surface area contributed by atoms with Crippen molar-refractivity contribution in [3.05, 3.63) is 0 Å². The number of aromatic hydroxyl groups is 26. The number of rotatable bonds is 3. The fraction of sp³-hybridized carbons (Fsp3) is 0. The van der Waals surface area contributed by atoms with Crippen LogP contribution in [0.2, 0.25) is 0 Å². The molecular weight excluding hydrogens is 936 g/mol. The molecule has 356 valence electrons. The maximum atomic E-state index is 11.9. The highest BCUT2D eigenvalue weighted by molar-refractivity contribution is 6.33. The first kappa shape index (κ1) is 43.4. The number of furan rings is 1. The van der Waals surface area contributed by atoms with Crippen molar-refractivity contribution in [1.82, 2.24) is 0 Å². The Bertz CT molecular complexity index is 3870. The second kappa shape index (κ2) is 13.4. The second-order valence-corrected chi connectivity index (χ2v) is 15.1. The Labute approximate surface area is 373 Å². The zero-order valence-electron chi connectivity index (χ0n) is 33.0. The van der Waals surface area contributed by atoms with Gasteiger partial charge in [0.15, 0.2) is 85.9 Å². The molecule has 1 aromatic heterocycles. The van der Waals surface area contributed by atoms with Gasteiger partial charge in [0.2, 0.25) is 74.7 Å². The van der Waals surface area contributed by atoms with Crippen LogP contribution in [0.15, 0.2) is 4.42 Å². The number of fused-ring (bicyclic) bond motifs is 6. The highest BCUT2D eigenvalue weighted by atomic mass is 16.4. The molecule has 0 aliphatic rings. The van der Waals surface area contributed by atoms with Gasteiger partial charge in [-0.25, -0.2) is 0 Å². The first-order chi connectivity index (χ1) is 32.2. The summed E-state index contributed by atoms with van der Waals surface area (Å²) >= 11 is 0. The van der Waals surface area contributed by atoms with Crippen LogP contribution in [-0.4, -0.2) is 133 Å². The monoisotopic (exact) mass is 962 g/mol. The minimum atomic E-state index is -1.87. The molecule has 9 rings (SSSR count). The molecule has 0 unspecified atom stereocenters. The van der Waals surface area contributed by atoms with E-state index in [1.54, 1.807) is 0 Å². The second-order valence-electron chi connectivity index (χ2n) is 15.1. The van der Waals surface area contributed by atoms with Gasteiger partial charge in [0, 0.05) is 54.7 Å². The molecule has 27 nitrogen and oxygen atoms in total. The molecular formula is C42H26O27. The lowest BCUT2D eigenvalue weighted by Gasteiger charge is -2.26. The molecule has 0 fully saturated rings. The zero-order valence-corrected chi connectivity index (χ0v) is 33.0. The van der Waals surface area contributed by atoms with E-state index >= 15 is 0 Å². The predicted octanol–water partition coefficient (Wildman–Crippen LogP) is 4.39. The lowest BCUT2D eigenvalue weighted by atomic mass is 9.79. The van der Waals surface area contributed by atoms with Crippen LogP contribution in [0.5, 0.6) is 149 Å². The Kier molecular flexibility index (Phi) is 8.40. The summed E-state index contributed by atoms with van der Waals surface area (Å²) in [6, 6.07) is 0. The lowest BCUT2D eigenvalue weighted by molar-refractivity contribution is 0.346. The molecule has 0 spiro atoms. The number of hydrogen-bond acceptors (Lipinski definition) is 27. The van der Waals surface area contributed by atoms with E-state index in [-0.39, 0.29) is 0 Å². The Balaban J connectivity index is 1.68. The maximum Gasteiger partial charge on any atom is 0.208 e. The number of phenolic OH excluding ortho intramolecular Hbond substituents is 26. The SMILES string of the molecule is Oc1c(O)c(O)c(-c2c3c(O)c(O)c(O)c(O)c3c(-c3c(O)c(O)c(O)c4c(O)c(O)c(O)c(O)c34)c3c(O)c(O)c(O)c(O)c23)c(-c2c(O)c(O)c(O)c3c2oc2c(O)c(O)c(O)c(O)c23)c1O. The summed E-state index contributed by atoms with van der Waals surface area (Å²) in [5, 5.41) is 279.